The summed E-state index contributed by atoms with van der Waals surface area (Å²) < 4.78 is 0.0255. The molecule has 0 bridgehead atoms. The van der Waals surface area contributed by atoms with Crippen LogP contribution in [0.1, 0.15) is 8.35 Å². The van der Waals surface area contributed by atoms with E-state index >= 15 is 0 Å². The van der Waals surface area contributed by atoms with Crippen molar-refractivity contribution in [3.63, 3.8) is 0 Å². The first kappa shape index (κ1) is 13.4. The van der Waals surface area contributed by atoms with Gasteiger partial charge in [0.15, 0.2) is 0 Å². The van der Waals surface area contributed by atoms with Crippen LogP contribution in [0.25, 0.3) is 0 Å². The van der Waals surface area contributed by atoms with Crippen LogP contribution in [0.3, 0.4) is 0 Å². The van der Waals surface area contributed by atoms with Crippen LogP contribution in [0.5, 0.6) is 0 Å². The average Bonchev–Trinajstić information content (AvgIpc) is 1.21. The van der Waals surface area contributed by atoms with Crippen molar-refractivity contribution in [1.82, 2.24) is 0 Å². The summed E-state index contributed by atoms with van der Waals surface area (Å²) in [7, 11) is 0. The van der Waals surface area contributed by atoms with Crippen LogP contribution in [0, 0.1) is 0 Å². The van der Waals surface area contributed by atoms with Crippen molar-refractivity contribution in [2.24, 2.45) is 5.73 Å². The van der Waals surface area contributed by atoms with E-state index in [2.05, 4.69) is 12.2 Å². The maximum absolute atomic E-state index is 8.54. The Hall–Kier alpha value is 1.80. The van der Waals surface area contributed by atoms with E-state index in [0.717, 1.165) is 0 Å². The number of thiocarbonyl (C=S) groups is 1. The maximum atomic E-state index is 8.54. The molecule has 3 nitrogen and oxygen atoms in total. The molecule has 0 aliphatic carbocycles. The molecular weight excluding hydrogens is 185 g/mol. The molecule has 9 heavy (non-hydrogen) atoms. The third-order valence-corrected chi connectivity index (χ3v) is 1.13. The molecule has 4 N–H and O–H groups in total. The zero-order chi connectivity index (χ0) is 6.78. The Morgan fingerprint density at radius 1 is 1.78 bits per heavy atom. The largest absolute Gasteiger partial charge is 1.00 e. The molecule has 0 aromatic carbocycles. The second-order valence-electron chi connectivity index (χ2n) is 1.36. The van der Waals surface area contributed by atoms with Crippen LogP contribution < -0.4 is 57.1 Å². The monoisotopic (exact) mass is 193 g/mol. The number of aliphatic hydroxyl groups is 2. The van der Waals surface area contributed by atoms with E-state index in [1.165, 1.54) is 6.92 Å². The minimum Gasteiger partial charge on any atom is -1.00 e. The van der Waals surface area contributed by atoms with Gasteiger partial charge in [0.25, 0.3) is 0 Å². The Labute approximate surface area is 107 Å². The molecule has 0 unspecified atom stereocenters. The molecule has 6 heteroatoms. The van der Waals surface area contributed by atoms with Gasteiger partial charge in [-0.05, 0) is 11.8 Å². The molecule has 0 saturated carbocycles. The van der Waals surface area contributed by atoms with Crippen molar-refractivity contribution >= 4 is 28.3 Å². The zero-order valence-corrected chi connectivity index (χ0v) is 10.0. The second-order valence-corrected chi connectivity index (χ2v) is 3.47. The summed E-state index contributed by atoms with van der Waals surface area (Å²) in [5.41, 5.74) is 4.95. The van der Waals surface area contributed by atoms with Crippen LogP contribution in [0.2, 0.25) is 0 Å². The predicted octanol–water partition coefficient (Wildman–Crippen LogP) is -3.26. The number of nitrogens with two attached hydrogens (primary N) is 1. The fraction of sp³-hybridized carbons (Fsp3) is 0.667. The minimum absolute atomic E-state index is 0. The Morgan fingerprint density at radius 3 is 2.11 bits per heavy atom. The molecule has 0 aromatic rings. The molecule has 0 spiro atoms. The Bertz CT molecular complexity index is 107. The van der Waals surface area contributed by atoms with Crippen molar-refractivity contribution < 1.29 is 63.0 Å². The van der Waals surface area contributed by atoms with Crippen molar-refractivity contribution in [3.8, 4) is 0 Å². The molecule has 0 saturated heterocycles. The molecule has 0 fully saturated rings. The molecule has 0 heterocycles. The quantitative estimate of drug-likeness (QED) is 0.232. The summed E-state index contributed by atoms with van der Waals surface area (Å²) in [5, 5.41) is 15.3. The molecule has 0 atom stereocenters. The van der Waals surface area contributed by atoms with Gasteiger partial charge < -0.3 is 17.4 Å². The van der Waals surface area contributed by atoms with Gasteiger partial charge in [0.1, 0.15) is 4.32 Å². The SMILES string of the molecule is CC(O)(O)SC(N)=S.[H-].[K+]. The molecule has 0 aliphatic rings. The number of rotatable bonds is 1. The maximum Gasteiger partial charge on any atom is 1.00 e. The first-order valence-electron chi connectivity index (χ1n) is 1.85. The van der Waals surface area contributed by atoms with E-state index in [1.54, 1.807) is 0 Å². The third kappa shape index (κ3) is 12.9. The smallest absolute Gasteiger partial charge is 1.00 e. The van der Waals surface area contributed by atoms with Crippen LogP contribution in [0.15, 0.2) is 0 Å². The molecule has 0 aliphatic heterocycles. The van der Waals surface area contributed by atoms with Crippen molar-refractivity contribution in [2.45, 2.75) is 12.0 Å². The Morgan fingerprint density at radius 2 is 2.11 bits per heavy atom. The fourth-order valence-electron chi connectivity index (χ4n) is 0.191. The van der Waals surface area contributed by atoms with E-state index in [9.17, 15) is 0 Å². The summed E-state index contributed by atoms with van der Waals surface area (Å²) >= 11 is 5.00. The Kier molecular flexibility index (Phi) is 8.10. The fourth-order valence-corrected chi connectivity index (χ4v) is 1.05. The van der Waals surface area contributed by atoms with Gasteiger partial charge in [-0.2, -0.15) is 0 Å². The number of hydrogen-bond acceptors (Lipinski definition) is 4. The standard InChI is InChI=1S/C3H7NO2S2.K.H/c1-3(5,6)8-2(4)7;;/h5-6H,1H3,(H2,4,7);;/q;+1;-1. The van der Waals surface area contributed by atoms with Gasteiger partial charge in [-0.3, -0.25) is 0 Å². The van der Waals surface area contributed by atoms with Gasteiger partial charge in [-0.25, -0.2) is 0 Å². The first-order chi connectivity index (χ1) is 3.42. The van der Waals surface area contributed by atoms with Crippen molar-refractivity contribution in [3.05, 3.63) is 0 Å². The molecule has 50 valence electrons. The van der Waals surface area contributed by atoms with Gasteiger partial charge >= 0.3 is 51.4 Å². The van der Waals surface area contributed by atoms with E-state index in [0.29, 0.717) is 11.8 Å². The molecule has 0 radical (unpaired) electrons. The summed E-state index contributed by atoms with van der Waals surface area (Å²) in [6.07, 6.45) is 0. The van der Waals surface area contributed by atoms with Gasteiger partial charge in [0.2, 0.25) is 5.12 Å². The molecule has 0 amide bonds. The normalized spacial score (nSPS) is 10.1. The molecule has 0 rings (SSSR count). The second kappa shape index (κ2) is 5.45. The third-order valence-electron chi connectivity index (χ3n) is 0.294. The van der Waals surface area contributed by atoms with Gasteiger partial charge in [0, 0.05) is 6.92 Å². The van der Waals surface area contributed by atoms with Crippen LogP contribution >= 0.6 is 24.0 Å². The van der Waals surface area contributed by atoms with E-state index in [-0.39, 0.29) is 57.1 Å². The Balaban J connectivity index is -0.000000245. The molecular formula is C3H8KNO2S2. The van der Waals surface area contributed by atoms with Gasteiger partial charge in [-0.15, -0.1) is 0 Å². The molecule has 0 aromatic heterocycles. The average molecular weight is 193 g/mol. The van der Waals surface area contributed by atoms with Crippen molar-refractivity contribution in [1.29, 1.82) is 0 Å². The van der Waals surface area contributed by atoms with Gasteiger partial charge in [0.05, 0.1) is 0 Å². The summed E-state index contributed by atoms with van der Waals surface area (Å²) in [6, 6.07) is 0. The van der Waals surface area contributed by atoms with Crippen molar-refractivity contribution in [2.75, 3.05) is 0 Å². The predicted molar refractivity (Wildman–Crippen MR) is 38.3 cm³/mol. The van der Waals surface area contributed by atoms with E-state index in [4.69, 9.17) is 15.9 Å². The van der Waals surface area contributed by atoms with Crippen LogP contribution in [-0.2, 0) is 0 Å². The van der Waals surface area contributed by atoms with Crippen LogP contribution in [0.4, 0.5) is 0 Å². The van der Waals surface area contributed by atoms with E-state index < -0.39 is 5.12 Å². The summed E-state index contributed by atoms with van der Waals surface area (Å²) in [6.45, 7) is 1.19. The number of thioether (sulfide) groups is 1. The first-order valence-corrected chi connectivity index (χ1v) is 3.07. The van der Waals surface area contributed by atoms with E-state index in [1.807, 2.05) is 0 Å². The topological polar surface area (TPSA) is 66.5 Å². The van der Waals surface area contributed by atoms with Gasteiger partial charge in [-0.1, -0.05) is 12.2 Å². The van der Waals surface area contributed by atoms with Crippen LogP contribution in [-0.4, -0.2) is 19.7 Å². The summed E-state index contributed by atoms with van der Waals surface area (Å²) in [5.74, 6) is 0. The minimum atomic E-state index is -1.83. The summed E-state index contributed by atoms with van der Waals surface area (Å²) in [4.78, 5) is 0. The number of hydrogen-bond donors (Lipinski definition) is 3. The zero-order valence-electron chi connectivity index (χ0n) is 6.29.